The van der Waals surface area contributed by atoms with Crippen LogP contribution in [-0.4, -0.2) is 24.0 Å². The van der Waals surface area contributed by atoms with Gasteiger partial charge in [-0.1, -0.05) is 25.0 Å². The number of aromatic nitrogens is 1. The molecule has 2 aromatic rings. The van der Waals surface area contributed by atoms with Gasteiger partial charge >= 0.3 is 6.92 Å². The maximum Gasteiger partial charge on any atom is 0.320 e. The Labute approximate surface area is 107 Å². The fraction of sp³-hybridized carbons (Fsp3) is 0.143. The third kappa shape index (κ3) is 3.05. The van der Waals surface area contributed by atoms with Gasteiger partial charge in [-0.15, -0.1) is 0 Å². The highest BCUT2D eigenvalue weighted by atomic mass is 16.5. The zero-order chi connectivity index (χ0) is 13.0. The molecule has 0 atom stereocenters. The van der Waals surface area contributed by atoms with E-state index in [-0.39, 0.29) is 0 Å². The minimum atomic E-state index is -0.500. The average Bonchev–Trinajstić information content (AvgIpc) is 2.89. The SMILES string of the molecule is COc1cc(/C=C/c2cc[nH]c2)cc(B(C)O)c1. The molecule has 1 aromatic heterocycles. The lowest BCUT2D eigenvalue weighted by molar-refractivity contribution is 0.415. The Balaban J connectivity index is 2.29. The zero-order valence-electron chi connectivity index (χ0n) is 10.6. The van der Waals surface area contributed by atoms with Crippen LogP contribution in [0.3, 0.4) is 0 Å². The third-order valence-electron chi connectivity index (χ3n) is 2.76. The van der Waals surface area contributed by atoms with Crippen LogP contribution < -0.4 is 10.2 Å². The van der Waals surface area contributed by atoms with Crippen molar-refractivity contribution < 1.29 is 9.76 Å². The van der Waals surface area contributed by atoms with Gasteiger partial charge in [0.15, 0.2) is 0 Å². The molecule has 1 heterocycles. The van der Waals surface area contributed by atoms with Crippen LogP contribution in [0.1, 0.15) is 11.1 Å². The van der Waals surface area contributed by atoms with Crippen molar-refractivity contribution in [2.24, 2.45) is 0 Å². The molecule has 0 aliphatic rings. The summed E-state index contributed by atoms with van der Waals surface area (Å²) in [5.41, 5.74) is 2.96. The second kappa shape index (κ2) is 5.60. The molecule has 0 amide bonds. The Morgan fingerprint density at radius 1 is 1.22 bits per heavy atom. The molecule has 0 aliphatic heterocycles. The van der Waals surface area contributed by atoms with Gasteiger partial charge in [0.2, 0.25) is 0 Å². The number of benzene rings is 1. The lowest BCUT2D eigenvalue weighted by Crippen LogP contribution is -2.26. The van der Waals surface area contributed by atoms with Crippen LogP contribution in [-0.2, 0) is 0 Å². The number of H-pyrrole nitrogens is 1. The van der Waals surface area contributed by atoms with E-state index in [4.69, 9.17) is 4.74 Å². The van der Waals surface area contributed by atoms with Gasteiger partial charge in [-0.25, -0.2) is 0 Å². The van der Waals surface area contributed by atoms with Crippen LogP contribution in [0.5, 0.6) is 5.75 Å². The predicted molar refractivity (Wildman–Crippen MR) is 76.2 cm³/mol. The van der Waals surface area contributed by atoms with Gasteiger partial charge < -0.3 is 14.7 Å². The predicted octanol–water partition coefficient (Wildman–Crippen LogP) is 2.01. The minimum absolute atomic E-state index is 0.500. The van der Waals surface area contributed by atoms with Crippen molar-refractivity contribution in [1.29, 1.82) is 0 Å². The van der Waals surface area contributed by atoms with E-state index in [0.29, 0.717) is 0 Å². The fourth-order valence-corrected chi connectivity index (χ4v) is 1.73. The normalized spacial score (nSPS) is 10.8. The molecule has 1 aromatic carbocycles. The first kappa shape index (κ1) is 12.5. The van der Waals surface area contributed by atoms with Crippen molar-refractivity contribution in [3.05, 3.63) is 47.8 Å². The van der Waals surface area contributed by atoms with Crippen molar-refractivity contribution in [2.45, 2.75) is 6.82 Å². The Hall–Kier alpha value is -1.94. The Morgan fingerprint density at radius 2 is 2.00 bits per heavy atom. The lowest BCUT2D eigenvalue weighted by Gasteiger charge is -2.07. The molecule has 3 nitrogen and oxygen atoms in total. The second-order valence-electron chi connectivity index (χ2n) is 4.19. The van der Waals surface area contributed by atoms with E-state index >= 15 is 0 Å². The Morgan fingerprint density at radius 3 is 2.61 bits per heavy atom. The first-order valence-electron chi connectivity index (χ1n) is 5.87. The summed E-state index contributed by atoms with van der Waals surface area (Å²) in [6, 6.07) is 7.73. The molecule has 0 saturated carbocycles. The molecule has 0 radical (unpaired) electrons. The summed E-state index contributed by atoms with van der Waals surface area (Å²) in [6.07, 6.45) is 7.81. The number of nitrogens with one attached hydrogen (secondary N) is 1. The quantitative estimate of drug-likeness (QED) is 0.804. The molecule has 2 N–H and O–H groups in total. The number of ether oxygens (including phenoxy) is 1. The molecular formula is C14H16BNO2. The van der Waals surface area contributed by atoms with E-state index in [0.717, 1.165) is 22.3 Å². The molecule has 0 saturated heterocycles. The van der Waals surface area contributed by atoms with Crippen molar-refractivity contribution >= 4 is 24.5 Å². The molecule has 0 unspecified atom stereocenters. The standard InChI is InChI=1S/C14H16BNO2/c1-15(17)13-7-12(8-14(9-13)18-2)4-3-11-5-6-16-10-11/h3-10,16-17H,1-2H3/b4-3+. The first-order valence-corrected chi connectivity index (χ1v) is 5.87. The summed E-state index contributed by atoms with van der Waals surface area (Å²) >= 11 is 0. The summed E-state index contributed by atoms with van der Waals surface area (Å²) in [7, 11) is 1.63. The number of aromatic amines is 1. The average molecular weight is 241 g/mol. The maximum atomic E-state index is 9.64. The van der Waals surface area contributed by atoms with Crippen LogP contribution in [0.2, 0.25) is 6.82 Å². The molecule has 18 heavy (non-hydrogen) atoms. The Bertz CT molecular complexity index is 533. The molecule has 4 heteroatoms. The summed E-state index contributed by atoms with van der Waals surface area (Å²) in [6.45, 7) is 1.24. The molecule has 0 fully saturated rings. The molecular weight excluding hydrogens is 225 g/mol. The largest absolute Gasteiger partial charge is 0.497 e. The Kier molecular flexibility index (Phi) is 3.90. The summed E-state index contributed by atoms with van der Waals surface area (Å²) < 4.78 is 5.23. The minimum Gasteiger partial charge on any atom is -0.497 e. The van der Waals surface area contributed by atoms with Gasteiger partial charge in [-0.3, -0.25) is 0 Å². The van der Waals surface area contributed by atoms with Gasteiger partial charge in [0.1, 0.15) is 5.75 Å². The van der Waals surface area contributed by atoms with Gasteiger partial charge in [0.05, 0.1) is 7.11 Å². The van der Waals surface area contributed by atoms with Crippen LogP contribution in [0.15, 0.2) is 36.7 Å². The van der Waals surface area contributed by atoms with Crippen LogP contribution in [0.4, 0.5) is 0 Å². The number of methoxy groups -OCH3 is 1. The van der Waals surface area contributed by atoms with Crippen molar-refractivity contribution in [3.63, 3.8) is 0 Å². The number of hydrogen-bond donors (Lipinski definition) is 2. The van der Waals surface area contributed by atoms with Gasteiger partial charge in [0, 0.05) is 12.4 Å². The first-order chi connectivity index (χ1) is 8.69. The topological polar surface area (TPSA) is 45.2 Å². The van der Waals surface area contributed by atoms with Gasteiger partial charge in [-0.2, -0.15) is 0 Å². The zero-order valence-corrected chi connectivity index (χ0v) is 10.6. The van der Waals surface area contributed by atoms with Crippen molar-refractivity contribution in [1.82, 2.24) is 4.98 Å². The van der Waals surface area contributed by atoms with Gasteiger partial charge in [-0.05, 0) is 34.8 Å². The van der Waals surface area contributed by atoms with E-state index in [1.165, 1.54) is 0 Å². The molecule has 92 valence electrons. The van der Waals surface area contributed by atoms with E-state index in [9.17, 15) is 5.02 Å². The molecule has 0 aliphatic carbocycles. The van der Waals surface area contributed by atoms with E-state index in [1.54, 1.807) is 13.9 Å². The number of hydrogen-bond acceptors (Lipinski definition) is 2. The number of rotatable bonds is 4. The smallest absolute Gasteiger partial charge is 0.320 e. The third-order valence-corrected chi connectivity index (χ3v) is 2.76. The summed E-state index contributed by atoms with van der Waals surface area (Å²) in [5, 5.41) is 9.64. The highest BCUT2D eigenvalue weighted by Gasteiger charge is 2.08. The summed E-state index contributed by atoms with van der Waals surface area (Å²) in [5.74, 6) is 0.752. The second-order valence-corrected chi connectivity index (χ2v) is 4.19. The fourth-order valence-electron chi connectivity index (χ4n) is 1.73. The van der Waals surface area contributed by atoms with Crippen LogP contribution in [0, 0.1) is 0 Å². The molecule has 0 bridgehead atoms. The summed E-state index contributed by atoms with van der Waals surface area (Å²) in [4.78, 5) is 3.00. The van der Waals surface area contributed by atoms with E-state index < -0.39 is 6.92 Å². The van der Waals surface area contributed by atoms with Crippen LogP contribution >= 0.6 is 0 Å². The van der Waals surface area contributed by atoms with E-state index in [2.05, 4.69) is 4.98 Å². The maximum absolute atomic E-state index is 9.64. The highest BCUT2D eigenvalue weighted by molar-refractivity contribution is 6.64. The molecule has 0 spiro atoms. The molecule has 2 rings (SSSR count). The highest BCUT2D eigenvalue weighted by Crippen LogP contribution is 2.14. The van der Waals surface area contributed by atoms with Gasteiger partial charge in [0.25, 0.3) is 0 Å². The lowest BCUT2D eigenvalue weighted by atomic mass is 9.64. The van der Waals surface area contributed by atoms with Crippen molar-refractivity contribution in [3.8, 4) is 5.75 Å². The monoisotopic (exact) mass is 241 g/mol. The van der Waals surface area contributed by atoms with Crippen molar-refractivity contribution in [2.75, 3.05) is 7.11 Å². The van der Waals surface area contributed by atoms with E-state index in [1.807, 2.05) is 48.8 Å². The van der Waals surface area contributed by atoms with Crippen LogP contribution in [0.25, 0.3) is 12.2 Å².